The number of rotatable bonds is 2. The van der Waals surface area contributed by atoms with Crippen LogP contribution in [0.2, 0.25) is 5.02 Å². The number of imidazole rings is 1. The fourth-order valence-electron chi connectivity index (χ4n) is 1.75. The highest BCUT2D eigenvalue weighted by Crippen LogP contribution is 2.40. The van der Waals surface area contributed by atoms with Crippen LogP contribution in [0, 0.1) is 0 Å². The molecule has 0 spiro atoms. The van der Waals surface area contributed by atoms with E-state index in [-0.39, 0.29) is 0 Å². The lowest BCUT2D eigenvalue weighted by molar-refractivity contribution is 1.05. The Kier molecular flexibility index (Phi) is 2.52. The van der Waals surface area contributed by atoms with E-state index in [4.69, 9.17) is 11.6 Å². The molecule has 1 aliphatic carbocycles. The zero-order valence-corrected chi connectivity index (χ0v) is 10.8. The molecule has 3 rings (SSSR count). The molecule has 16 heavy (non-hydrogen) atoms. The topological polar surface area (TPSA) is 28.7 Å². The highest BCUT2D eigenvalue weighted by molar-refractivity contribution is 9.10. The molecule has 0 unspecified atom stereocenters. The van der Waals surface area contributed by atoms with Crippen molar-refractivity contribution in [2.24, 2.45) is 0 Å². The Morgan fingerprint density at radius 2 is 2.19 bits per heavy atom. The van der Waals surface area contributed by atoms with Crippen molar-refractivity contribution < 1.29 is 0 Å². The zero-order chi connectivity index (χ0) is 11.1. The van der Waals surface area contributed by atoms with Crippen molar-refractivity contribution >= 4 is 27.5 Å². The van der Waals surface area contributed by atoms with Gasteiger partial charge in [0.2, 0.25) is 0 Å². The number of benzene rings is 1. The average molecular weight is 298 g/mol. The van der Waals surface area contributed by atoms with Crippen molar-refractivity contribution in [3.05, 3.63) is 39.6 Å². The zero-order valence-electron chi connectivity index (χ0n) is 8.50. The molecule has 82 valence electrons. The van der Waals surface area contributed by atoms with Crippen molar-refractivity contribution in [3.63, 3.8) is 0 Å². The molecule has 0 bridgehead atoms. The van der Waals surface area contributed by atoms with E-state index < -0.39 is 0 Å². The predicted molar refractivity (Wildman–Crippen MR) is 68.7 cm³/mol. The average Bonchev–Trinajstić information content (AvgIpc) is 3.01. The standard InChI is InChI=1S/C12H10BrClN2/c13-8-3-4-10(14)9(5-8)12-15-6-11(16-12)7-1-2-7/h3-7H,1-2H2,(H,15,16). The smallest absolute Gasteiger partial charge is 0.139 e. The molecule has 1 N–H and O–H groups in total. The minimum Gasteiger partial charge on any atom is -0.342 e. The summed E-state index contributed by atoms with van der Waals surface area (Å²) < 4.78 is 1.01. The highest BCUT2D eigenvalue weighted by Gasteiger charge is 2.25. The molecule has 4 heteroatoms. The summed E-state index contributed by atoms with van der Waals surface area (Å²) in [5.74, 6) is 1.54. The third-order valence-electron chi connectivity index (χ3n) is 2.80. The van der Waals surface area contributed by atoms with E-state index in [2.05, 4.69) is 25.9 Å². The molecule has 1 saturated carbocycles. The second-order valence-corrected chi connectivity index (χ2v) is 5.41. The van der Waals surface area contributed by atoms with Crippen LogP contribution in [-0.4, -0.2) is 9.97 Å². The van der Waals surface area contributed by atoms with Gasteiger partial charge in [0.15, 0.2) is 0 Å². The van der Waals surface area contributed by atoms with Crippen molar-refractivity contribution in [2.45, 2.75) is 18.8 Å². The summed E-state index contributed by atoms with van der Waals surface area (Å²) in [6.07, 6.45) is 4.46. The summed E-state index contributed by atoms with van der Waals surface area (Å²) >= 11 is 9.60. The molecule has 1 aromatic heterocycles. The number of hydrogen-bond donors (Lipinski definition) is 1. The summed E-state index contributed by atoms with van der Waals surface area (Å²) in [4.78, 5) is 7.73. The van der Waals surface area contributed by atoms with Gasteiger partial charge >= 0.3 is 0 Å². The summed E-state index contributed by atoms with van der Waals surface area (Å²) in [6, 6.07) is 5.79. The van der Waals surface area contributed by atoms with Gasteiger partial charge in [-0.1, -0.05) is 27.5 Å². The monoisotopic (exact) mass is 296 g/mol. The summed E-state index contributed by atoms with van der Waals surface area (Å²) in [5.41, 5.74) is 2.17. The van der Waals surface area contributed by atoms with Crippen LogP contribution in [0.4, 0.5) is 0 Å². The Bertz CT molecular complexity index is 532. The molecule has 1 aliphatic rings. The Labute approximate surface area is 107 Å². The van der Waals surface area contributed by atoms with E-state index in [1.54, 1.807) is 0 Å². The molecular weight excluding hydrogens is 288 g/mol. The van der Waals surface area contributed by atoms with E-state index in [1.165, 1.54) is 18.5 Å². The first-order valence-electron chi connectivity index (χ1n) is 5.24. The lowest BCUT2D eigenvalue weighted by Crippen LogP contribution is -1.83. The summed E-state index contributed by atoms with van der Waals surface area (Å²) in [5, 5.41) is 0.722. The van der Waals surface area contributed by atoms with Gasteiger partial charge < -0.3 is 4.98 Å². The van der Waals surface area contributed by atoms with Crippen LogP contribution < -0.4 is 0 Å². The van der Waals surface area contributed by atoms with Crippen LogP contribution in [0.5, 0.6) is 0 Å². The van der Waals surface area contributed by atoms with Gasteiger partial charge in [0, 0.05) is 27.8 Å². The first-order valence-corrected chi connectivity index (χ1v) is 6.41. The summed E-state index contributed by atoms with van der Waals surface area (Å²) in [6.45, 7) is 0. The number of H-pyrrole nitrogens is 1. The minimum atomic E-state index is 0.687. The third kappa shape index (κ3) is 1.89. The van der Waals surface area contributed by atoms with Gasteiger partial charge in [0.05, 0.1) is 5.02 Å². The van der Waals surface area contributed by atoms with Crippen molar-refractivity contribution in [2.75, 3.05) is 0 Å². The molecule has 1 fully saturated rings. The maximum Gasteiger partial charge on any atom is 0.139 e. The number of hydrogen-bond acceptors (Lipinski definition) is 1. The predicted octanol–water partition coefficient (Wildman–Crippen LogP) is 4.37. The lowest BCUT2D eigenvalue weighted by atomic mass is 10.2. The fourth-order valence-corrected chi connectivity index (χ4v) is 2.32. The van der Waals surface area contributed by atoms with Crippen LogP contribution >= 0.6 is 27.5 Å². The molecule has 0 amide bonds. The van der Waals surface area contributed by atoms with Crippen molar-refractivity contribution in [1.82, 2.24) is 9.97 Å². The Morgan fingerprint density at radius 3 is 2.94 bits per heavy atom. The number of nitrogens with zero attached hydrogens (tertiary/aromatic N) is 1. The van der Waals surface area contributed by atoms with Gasteiger partial charge in [0.25, 0.3) is 0 Å². The summed E-state index contributed by atoms with van der Waals surface area (Å²) in [7, 11) is 0. The maximum atomic E-state index is 6.15. The second-order valence-electron chi connectivity index (χ2n) is 4.09. The van der Waals surface area contributed by atoms with Crippen molar-refractivity contribution in [1.29, 1.82) is 0 Å². The number of halogens is 2. The van der Waals surface area contributed by atoms with Crippen LogP contribution in [0.15, 0.2) is 28.9 Å². The molecule has 0 aliphatic heterocycles. The third-order valence-corrected chi connectivity index (χ3v) is 3.62. The Balaban J connectivity index is 2.03. The molecule has 2 nitrogen and oxygen atoms in total. The van der Waals surface area contributed by atoms with Gasteiger partial charge in [0.1, 0.15) is 5.82 Å². The van der Waals surface area contributed by atoms with Crippen LogP contribution in [0.1, 0.15) is 24.5 Å². The minimum absolute atomic E-state index is 0.687. The quantitative estimate of drug-likeness (QED) is 0.876. The van der Waals surface area contributed by atoms with Gasteiger partial charge in [-0.2, -0.15) is 0 Å². The lowest BCUT2D eigenvalue weighted by Gasteiger charge is -2.01. The Hall–Kier alpha value is -0.800. The number of nitrogens with one attached hydrogen (secondary N) is 1. The molecule has 2 aromatic rings. The van der Waals surface area contributed by atoms with Crippen LogP contribution in [0.3, 0.4) is 0 Å². The van der Waals surface area contributed by atoms with E-state index >= 15 is 0 Å². The Morgan fingerprint density at radius 1 is 1.38 bits per heavy atom. The van der Waals surface area contributed by atoms with Gasteiger partial charge in [-0.25, -0.2) is 4.98 Å². The number of aromatic amines is 1. The first-order chi connectivity index (χ1) is 7.74. The molecule has 0 atom stereocenters. The van der Waals surface area contributed by atoms with Gasteiger partial charge in [-0.05, 0) is 31.0 Å². The fraction of sp³-hybridized carbons (Fsp3) is 0.250. The molecular formula is C12H10BrClN2. The second kappa shape index (κ2) is 3.90. The van der Waals surface area contributed by atoms with E-state index in [0.717, 1.165) is 20.9 Å². The van der Waals surface area contributed by atoms with Crippen molar-refractivity contribution in [3.8, 4) is 11.4 Å². The van der Waals surface area contributed by atoms with E-state index in [9.17, 15) is 0 Å². The number of aromatic nitrogens is 2. The first kappa shape index (κ1) is 10.4. The SMILES string of the molecule is Clc1ccc(Br)cc1-c1ncc(C2CC2)[nH]1. The molecule has 1 aromatic carbocycles. The normalized spacial score (nSPS) is 15.4. The van der Waals surface area contributed by atoms with Crippen LogP contribution in [-0.2, 0) is 0 Å². The van der Waals surface area contributed by atoms with Gasteiger partial charge in [-0.15, -0.1) is 0 Å². The van der Waals surface area contributed by atoms with E-state index in [0.29, 0.717) is 5.92 Å². The maximum absolute atomic E-state index is 6.15. The van der Waals surface area contributed by atoms with Crippen LogP contribution in [0.25, 0.3) is 11.4 Å². The molecule has 1 heterocycles. The molecule has 0 saturated heterocycles. The van der Waals surface area contributed by atoms with Gasteiger partial charge in [-0.3, -0.25) is 0 Å². The van der Waals surface area contributed by atoms with E-state index in [1.807, 2.05) is 24.4 Å². The molecule has 0 radical (unpaired) electrons. The highest BCUT2D eigenvalue weighted by atomic mass is 79.9. The largest absolute Gasteiger partial charge is 0.342 e.